The van der Waals surface area contributed by atoms with Gasteiger partial charge in [-0.2, -0.15) is 0 Å². The van der Waals surface area contributed by atoms with Crippen molar-refractivity contribution in [1.29, 1.82) is 0 Å². The van der Waals surface area contributed by atoms with E-state index in [-0.39, 0.29) is 0 Å². The molecule has 4 heterocycles. The van der Waals surface area contributed by atoms with Crippen LogP contribution in [0.2, 0.25) is 0 Å². The number of hydrogen-bond acceptors (Lipinski definition) is 5. The van der Waals surface area contributed by atoms with E-state index in [1.165, 1.54) is 32.2 Å². The van der Waals surface area contributed by atoms with Gasteiger partial charge in [-0.3, -0.25) is 4.90 Å². The van der Waals surface area contributed by atoms with Crippen molar-refractivity contribution in [3.63, 3.8) is 0 Å². The van der Waals surface area contributed by atoms with E-state index in [4.69, 9.17) is 4.42 Å². The van der Waals surface area contributed by atoms with Crippen LogP contribution in [0.3, 0.4) is 0 Å². The molecule has 0 radical (unpaired) electrons. The minimum absolute atomic E-state index is 0.724. The number of hydrogen-bond donors (Lipinski definition) is 0. The van der Waals surface area contributed by atoms with Gasteiger partial charge >= 0.3 is 0 Å². The number of piperidine rings is 1. The molecule has 1 unspecified atom stereocenters. The molecule has 2 saturated heterocycles. The number of likely N-dealkylation sites (tertiary alicyclic amines) is 1. The topological polar surface area (TPSA) is 45.4 Å². The summed E-state index contributed by atoms with van der Waals surface area (Å²) in [5, 5.41) is 1.07. The van der Waals surface area contributed by atoms with Crippen LogP contribution in [0.1, 0.15) is 32.6 Å². The zero-order valence-electron chi connectivity index (χ0n) is 14.7. The summed E-state index contributed by atoms with van der Waals surface area (Å²) in [6.45, 7) is 5.73. The van der Waals surface area contributed by atoms with E-state index in [0.29, 0.717) is 0 Å². The number of para-hydroxylation sites is 1. The fourth-order valence-corrected chi connectivity index (χ4v) is 4.64. The van der Waals surface area contributed by atoms with Crippen molar-refractivity contribution in [2.75, 3.05) is 24.5 Å². The van der Waals surface area contributed by atoms with Crippen molar-refractivity contribution in [2.24, 2.45) is 0 Å². The van der Waals surface area contributed by atoms with Crippen molar-refractivity contribution in [3.8, 4) is 0 Å². The molecule has 2 aliphatic heterocycles. The lowest BCUT2D eigenvalue weighted by Gasteiger charge is -2.39. The number of rotatable bonds is 2. The lowest BCUT2D eigenvalue weighted by Crippen LogP contribution is -2.46. The zero-order chi connectivity index (χ0) is 16.8. The number of furan rings is 1. The summed E-state index contributed by atoms with van der Waals surface area (Å²) in [5.41, 5.74) is 2.65. The molecule has 0 bridgehead atoms. The Labute approximate surface area is 147 Å². The number of nitrogens with zero attached hydrogens (tertiary/aromatic N) is 4. The lowest BCUT2D eigenvalue weighted by atomic mass is 10.0. The fourth-order valence-electron chi connectivity index (χ4n) is 4.64. The Bertz CT molecular complexity index is 897. The Morgan fingerprint density at radius 3 is 2.68 bits per heavy atom. The van der Waals surface area contributed by atoms with Crippen LogP contribution in [-0.4, -0.2) is 46.6 Å². The van der Waals surface area contributed by atoms with Gasteiger partial charge in [0.25, 0.3) is 0 Å². The second kappa shape index (κ2) is 5.99. The van der Waals surface area contributed by atoms with Gasteiger partial charge < -0.3 is 9.32 Å². The highest BCUT2D eigenvalue weighted by Gasteiger charge is 2.31. The van der Waals surface area contributed by atoms with Crippen molar-refractivity contribution < 1.29 is 4.42 Å². The predicted octanol–water partition coefficient (Wildman–Crippen LogP) is 3.83. The van der Waals surface area contributed by atoms with Gasteiger partial charge in [0.2, 0.25) is 0 Å². The maximum atomic E-state index is 6.10. The van der Waals surface area contributed by atoms with Crippen LogP contribution < -0.4 is 4.90 Å². The van der Waals surface area contributed by atoms with E-state index in [2.05, 4.69) is 32.8 Å². The first-order valence-corrected chi connectivity index (χ1v) is 9.44. The molecule has 0 amide bonds. The Morgan fingerprint density at radius 2 is 1.88 bits per heavy atom. The molecule has 1 atom stereocenters. The van der Waals surface area contributed by atoms with E-state index in [9.17, 15) is 0 Å². The molecule has 5 heteroatoms. The second-order valence-electron chi connectivity index (χ2n) is 7.42. The largest absolute Gasteiger partial charge is 0.450 e. The van der Waals surface area contributed by atoms with Crippen LogP contribution in [0.5, 0.6) is 0 Å². The van der Waals surface area contributed by atoms with Gasteiger partial charge in [0.1, 0.15) is 17.4 Å². The van der Waals surface area contributed by atoms with E-state index in [1.54, 1.807) is 6.33 Å². The predicted molar refractivity (Wildman–Crippen MR) is 99.9 cm³/mol. The second-order valence-corrected chi connectivity index (χ2v) is 7.42. The molecule has 5 rings (SSSR count). The molecule has 0 spiro atoms. The summed E-state index contributed by atoms with van der Waals surface area (Å²) in [5.74, 6) is 0.953. The van der Waals surface area contributed by atoms with Gasteiger partial charge in [-0.1, -0.05) is 12.1 Å². The summed E-state index contributed by atoms with van der Waals surface area (Å²) in [7, 11) is 0. The summed E-state index contributed by atoms with van der Waals surface area (Å²) in [4.78, 5) is 14.1. The van der Waals surface area contributed by atoms with Crippen molar-refractivity contribution in [1.82, 2.24) is 14.9 Å². The standard InChI is InChI=1S/C20H24N4O/c1-14-5-4-10-24(14)15-8-11-23(12-9-15)20-19-18(21-13-22-20)16-6-2-3-7-17(16)25-19/h2-3,6-7,13-15H,4-5,8-12H2,1H3. The SMILES string of the molecule is CC1CCCN1C1CCN(c2ncnc3c2oc2ccccc23)CC1. The molecule has 5 nitrogen and oxygen atoms in total. The number of fused-ring (bicyclic) bond motifs is 3. The maximum absolute atomic E-state index is 6.10. The lowest BCUT2D eigenvalue weighted by molar-refractivity contribution is 0.163. The number of aromatic nitrogens is 2. The van der Waals surface area contributed by atoms with Crippen molar-refractivity contribution >= 4 is 27.9 Å². The molecule has 3 aromatic rings. The van der Waals surface area contributed by atoms with Crippen molar-refractivity contribution in [2.45, 2.75) is 44.7 Å². The average Bonchev–Trinajstić information content (AvgIpc) is 3.25. The van der Waals surface area contributed by atoms with Gasteiger partial charge in [-0.05, 0) is 51.3 Å². The van der Waals surface area contributed by atoms with E-state index in [1.807, 2.05) is 18.2 Å². The fraction of sp³-hybridized carbons (Fsp3) is 0.500. The summed E-state index contributed by atoms with van der Waals surface area (Å²) in [6, 6.07) is 9.57. The van der Waals surface area contributed by atoms with Crippen LogP contribution in [0.25, 0.3) is 22.1 Å². The Hall–Kier alpha value is -2.14. The first kappa shape index (κ1) is 15.1. The summed E-state index contributed by atoms with van der Waals surface area (Å²) < 4.78 is 6.10. The number of benzene rings is 1. The Balaban J connectivity index is 1.43. The van der Waals surface area contributed by atoms with E-state index >= 15 is 0 Å². The van der Waals surface area contributed by atoms with Crippen LogP contribution in [-0.2, 0) is 0 Å². The highest BCUT2D eigenvalue weighted by molar-refractivity contribution is 6.05. The minimum atomic E-state index is 0.724. The molecule has 0 saturated carbocycles. The zero-order valence-corrected chi connectivity index (χ0v) is 14.7. The third kappa shape index (κ3) is 2.49. The molecule has 0 aliphatic carbocycles. The van der Waals surface area contributed by atoms with Crippen LogP contribution in [0, 0.1) is 0 Å². The molecule has 1 aromatic carbocycles. The summed E-state index contributed by atoms with van der Waals surface area (Å²) in [6.07, 6.45) is 6.79. The average molecular weight is 336 g/mol. The number of anilines is 1. The van der Waals surface area contributed by atoms with Gasteiger partial charge in [-0.15, -0.1) is 0 Å². The van der Waals surface area contributed by atoms with Crippen molar-refractivity contribution in [3.05, 3.63) is 30.6 Å². The quantitative estimate of drug-likeness (QED) is 0.712. The summed E-state index contributed by atoms with van der Waals surface area (Å²) >= 11 is 0. The first-order chi connectivity index (χ1) is 12.3. The Morgan fingerprint density at radius 1 is 1.04 bits per heavy atom. The third-order valence-electron chi connectivity index (χ3n) is 5.98. The highest BCUT2D eigenvalue weighted by atomic mass is 16.3. The van der Waals surface area contributed by atoms with E-state index < -0.39 is 0 Å². The maximum Gasteiger partial charge on any atom is 0.196 e. The molecule has 2 aliphatic rings. The van der Waals surface area contributed by atoms with Crippen LogP contribution in [0.4, 0.5) is 5.82 Å². The van der Waals surface area contributed by atoms with Gasteiger partial charge in [0.05, 0.1) is 0 Å². The molecule has 2 fully saturated rings. The van der Waals surface area contributed by atoms with Gasteiger partial charge in [-0.25, -0.2) is 9.97 Å². The Kier molecular flexibility index (Phi) is 3.63. The smallest absolute Gasteiger partial charge is 0.196 e. The van der Waals surface area contributed by atoms with Crippen LogP contribution in [0.15, 0.2) is 35.0 Å². The molecule has 130 valence electrons. The molecule has 0 N–H and O–H groups in total. The molecule has 2 aromatic heterocycles. The van der Waals surface area contributed by atoms with Gasteiger partial charge in [0.15, 0.2) is 11.4 Å². The molecular formula is C20H24N4O. The monoisotopic (exact) mass is 336 g/mol. The van der Waals surface area contributed by atoms with Gasteiger partial charge in [0, 0.05) is 30.6 Å². The van der Waals surface area contributed by atoms with Crippen LogP contribution >= 0.6 is 0 Å². The normalized spacial score (nSPS) is 23.1. The molecule has 25 heavy (non-hydrogen) atoms. The molecular weight excluding hydrogens is 312 g/mol. The first-order valence-electron chi connectivity index (χ1n) is 9.44. The highest BCUT2D eigenvalue weighted by Crippen LogP contribution is 2.34. The third-order valence-corrected chi connectivity index (χ3v) is 5.98. The minimum Gasteiger partial charge on any atom is -0.450 e. The van der Waals surface area contributed by atoms with E-state index in [0.717, 1.165) is 53.1 Å².